The van der Waals surface area contributed by atoms with Gasteiger partial charge in [-0.15, -0.1) is 0 Å². The van der Waals surface area contributed by atoms with Crippen LogP contribution in [0.2, 0.25) is 0 Å². The molecule has 1 aromatic rings. The van der Waals surface area contributed by atoms with E-state index in [0.29, 0.717) is 0 Å². The molecular formula is C18H22F3NO2. The van der Waals surface area contributed by atoms with Gasteiger partial charge in [-0.05, 0) is 47.1 Å². The van der Waals surface area contributed by atoms with Crippen LogP contribution in [0.1, 0.15) is 56.6 Å². The monoisotopic (exact) mass is 341 g/mol. The summed E-state index contributed by atoms with van der Waals surface area (Å²) in [5.41, 5.74) is 8.25. The molecule has 0 bridgehead atoms. The third-order valence-electron chi connectivity index (χ3n) is 5.90. The predicted molar refractivity (Wildman–Crippen MR) is 83.2 cm³/mol. The number of fused-ring (bicyclic) bond motifs is 1. The molecule has 0 amide bonds. The number of hydrogen-bond donors (Lipinski definition) is 1. The Morgan fingerprint density at radius 2 is 1.96 bits per heavy atom. The van der Waals surface area contributed by atoms with Crippen LogP contribution in [0.4, 0.5) is 13.2 Å². The lowest BCUT2D eigenvalue weighted by Crippen LogP contribution is -2.40. The van der Waals surface area contributed by atoms with Crippen LogP contribution in [0, 0.1) is 5.41 Å². The number of ether oxygens (including phenoxy) is 1. The van der Waals surface area contributed by atoms with Crippen molar-refractivity contribution < 1.29 is 22.7 Å². The maximum absolute atomic E-state index is 12.3. The van der Waals surface area contributed by atoms with Crippen LogP contribution < -0.4 is 5.73 Å². The second-order valence-electron chi connectivity index (χ2n) is 7.57. The summed E-state index contributed by atoms with van der Waals surface area (Å²) in [4.78, 5) is 11.0. The number of carbonyl (C=O) groups excluding carboxylic acids is 1. The van der Waals surface area contributed by atoms with Gasteiger partial charge in [0.1, 0.15) is 0 Å². The molecule has 1 aromatic carbocycles. The second kappa shape index (κ2) is 5.48. The summed E-state index contributed by atoms with van der Waals surface area (Å²) >= 11 is 0. The Labute approximate surface area is 139 Å². The lowest BCUT2D eigenvalue weighted by Gasteiger charge is -2.45. The van der Waals surface area contributed by atoms with E-state index in [4.69, 9.17) is 5.73 Å². The lowest BCUT2D eigenvalue weighted by molar-refractivity contribution is -0.205. The van der Waals surface area contributed by atoms with Crippen molar-refractivity contribution >= 4 is 5.97 Å². The van der Waals surface area contributed by atoms with Crippen LogP contribution in [0.25, 0.3) is 0 Å². The summed E-state index contributed by atoms with van der Waals surface area (Å²) in [6, 6.07) is 8.02. The highest BCUT2D eigenvalue weighted by Gasteiger charge is 2.58. The molecule has 2 unspecified atom stereocenters. The van der Waals surface area contributed by atoms with Gasteiger partial charge in [0.05, 0.1) is 0 Å². The number of nitrogens with two attached hydrogens (primary N) is 1. The molecule has 0 aromatic heterocycles. The van der Waals surface area contributed by atoms with Gasteiger partial charge in [-0.25, -0.2) is 4.79 Å². The largest absolute Gasteiger partial charge is 0.490 e. The number of benzene rings is 1. The van der Waals surface area contributed by atoms with E-state index in [-0.39, 0.29) is 23.2 Å². The average Bonchev–Trinajstić information content (AvgIpc) is 3.25. The molecule has 2 aliphatic rings. The van der Waals surface area contributed by atoms with Crippen LogP contribution in [0.15, 0.2) is 24.3 Å². The summed E-state index contributed by atoms with van der Waals surface area (Å²) in [6.07, 6.45) is -2.97. The zero-order chi connectivity index (χ0) is 17.8. The summed E-state index contributed by atoms with van der Waals surface area (Å²) in [5, 5.41) is 0. The third kappa shape index (κ3) is 2.81. The maximum atomic E-state index is 12.3. The fraction of sp³-hybridized carbons (Fsp3) is 0.611. The second-order valence-corrected chi connectivity index (χ2v) is 7.57. The smallest absolute Gasteiger partial charge is 0.440 e. The molecule has 0 heterocycles. The van der Waals surface area contributed by atoms with Gasteiger partial charge in [-0.3, -0.25) is 5.73 Å². The molecule has 0 radical (unpaired) electrons. The summed E-state index contributed by atoms with van der Waals surface area (Å²) in [5.74, 6) is -2.21. The van der Waals surface area contributed by atoms with E-state index in [0.717, 1.165) is 24.8 Å². The van der Waals surface area contributed by atoms with Crippen molar-refractivity contribution in [3.8, 4) is 0 Å². The van der Waals surface area contributed by atoms with E-state index in [1.165, 1.54) is 5.56 Å². The minimum Gasteiger partial charge on any atom is -0.440 e. The molecule has 2 N–H and O–H groups in total. The molecule has 1 fully saturated rings. The molecule has 2 atom stereocenters. The van der Waals surface area contributed by atoms with E-state index >= 15 is 0 Å². The summed E-state index contributed by atoms with van der Waals surface area (Å²) < 4.78 is 41.4. The highest BCUT2D eigenvalue weighted by atomic mass is 19.4. The Kier molecular flexibility index (Phi) is 3.94. The minimum absolute atomic E-state index is 0.00718. The van der Waals surface area contributed by atoms with E-state index in [1.54, 1.807) is 0 Å². The summed E-state index contributed by atoms with van der Waals surface area (Å²) in [7, 11) is 0. The number of esters is 1. The molecule has 1 spiro atoms. The van der Waals surface area contributed by atoms with Crippen molar-refractivity contribution in [3.05, 3.63) is 35.4 Å². The molecule has 2 aliphatic carbocycles. The van der Waals surface area contributed by atoms with Crippen LogP contribution in [-0.2, 0) is 14.9 Å². The number of hydrogen-bond acceptors (Lipinski definition) is 3. The highest BCUT2D eigenvalue weighted by Crippen LogP contribution is 2.67. The average molecular weight is 341 g/mol. The maximum Gasteiger partial charge on any atom is 0.490 e. The van der Waals surface area contributed by atoms with Crippen molar-refractivity contribution in [2.45, 2.75) is 63.3 Å². The zero-order valence-electron chi connectivity index (χ0n) is 13.8. The fourth-order valence-electron chi connectivity index (χ4n) is 4.27. The van der Waals surface area contributed by atoms with Gasteiger partial charge in [-0.1, -0.05) is 38.1 Å². The first kappa shape index (κ1) is 17.3. The number of carbonyl (C=O) groups is 1. The first-order valence-electron chi connectivity index (χ1n) is 8.20. The highest BCUT2D eigenvalue weighted by molar-refractivity contribution is 5.75. The predicted octanol–water partition coefficient (Wildman–Crippen LogP) is 4.01. The Bertz CT molecular complexity index is 650. The summed E-state index contributed by atoms with van der Waals surface area (Å²) in [6.45, 7) is 4.47. The zero-order valence-corrected chi connectivity index (χ0v) is 13.8. The molecule has 0 saturated heterocycles. The van der Waals surface area contributed by atoms with E-state index < -0.39 is 18.4 Å². The van der Waals surface area contributed by atoms with Gasteiger partial charge in [0.25, 0.3) is 0 Å². The molecule has 3 nitrogen and oxygen atoms in total. The van der Waals surface area contributed by atoms with E-state index in [2.05, 4.69) is 24.7 Å². The van der Waals surface area contributed by atoms with Gasteiger partial charge in [0.2, 0.25) is 0 Å². The molecule has 1 saturated carbocycles. The third-order valence-corrected chi connectivity index (χ3v) is 5.90. The molecule has 0 aliphatic heterocycles. The number of halogens is 3. The van der Waals surface area contributed by atoms with Gasteiger partial charge < -0.3 is 4.74 Å². The Balaban J connectivity index is 1.80. The molecule has 24 heavy (non-hydrogen) atoms. The SMILES string of the molecule is CC1(C)c2ccccc2C(CC(N)OC(=O)C(F)(F)F)CC12CC2. The molecule has 132 valence electrons. The molecule has 3 rings (SSSR count). The lowest BCUT2D eigenvalue weighted by atomic mass is 9.59. The first-order valence-corrected chi connectivity index (χ1v) is 8.20. The van der Waals surface area contributed by atoms with Crippen molar-refractivity contribution in [2.75, 3.05) is 0 Å². The van der Waals surface area contributed by atoms with Crippen LogP contribution in [0.5, 0.6) is 0 Å². The fourth-order valence-corrected chi connectivity index (χ4v) is 4.27. The van der Waals surface area contributed by atoms with Crippen molar-refractivity contribution in [3.63, 3.8) is 0 Å². The van der Waals surface area contributed by atoms with Gasteiger partial charge in [0, 0.05) is 6.42 Å². The first-order chi connectivity index (χ1) is 11.1. The van der Waals surface area contributed by atoms with Gasteiger partial charge >= 0.3 is 12.1 Å². The normalized spacial score (nSPS) is 25.0. The number of alkyl halides is 3. The number of rotatable bonds is 3. The van der Waals surface area contributed by atoms with Crippen LogP contribution in [-0.4, -0.2) is 18.4 Å². The van der Waals surface area contributed by atoms with Gasteiger partial charge in [-0.2, -0.15) is 13.2 Å². The Morgan fingerprint density at radius 3 is 2.54 bits per heavy atom. The molecular weight excluding hydrogens is 319 g/mol. The van der Waals surface area contributed by atoms with Gasteiger partial charge in [0.15, 0.2) is 6.23 Å². The Hall–Kier alpha value is -1.56. The van der Waals surface area contributed by atoms with Crippen molar-refractivity contribution in [1.29, 1.82) is 0 Å². The topological polar surface area (TPSA) is 52.3 Å². The van der Waals surface area contributed by atoms with Crippen molar-refractivity contribution in [1.82, 2.24) is 0 Å². The van der Waals surface area contributed by atoms with Crippen molar-refractivity contribution in [2.24, 2.45) is 11.1 Å². The van der Waals surface area contributed by atoms with Crippen LogP contribution in [0.3, 0.4) is 0 Å². The van der Waals surface area contributed by atoms with Crippen LogP contribution >= 0.6 is 0 Å². The quantitative estimate of drug-likeness (QED) is 0.667. The molecule has 6 heteroatoms. The standard InChI is InChI=1S/C18H22F3NO2/c1-16(2)13-6-4-3-5-12(13)11(10-17(16)7-8-17)9-14(22)24-15(23)18(19,20)21/h3-6,11,14H,7-10,22H2,1-2H3. The minimum atomic E-state index is -5.01. The Morgan fingerprint density at radius 1 is 1.33 bits per heavy atom. The van der Waals surface area contributed by atoms with E-state index in [9.17, 15) is 18.0 Å². The van der Waals surface area contributed by atoms with E-state index in [1.807, 2.05) is 18.2 Å².